The van der Waals surface area contributed by atoms with Gasteiger partial charge in [-0.3, -0.25) is 0 Å². The number of hydrogen-bond donors (Lipinski definition) is 2. The van der Waals surface area contributed by atoms with E-state index in [2.05, 4.69) is 13.8 Å². The standard InChI is InChI=1S/C24H27ClN2O5S/c1-6-12(2)11-27-22(14-10-16(30-3)19(31-4)20(32-5)18(14)25)26-23-17(24(27)29)13-8-7-9-15(28)21(13)33-23/h7-10,12,24,28-29H,6,11H2,1-5H3. The van der Waals surface area contributed by atoms with Crippen LogP contribution >= 0.6 is 22.9 Å². The number of fused-ring (bicyclic) bond motifs is 3. The molecule has 0 saturated heterocycles. The molecule has 176 valence electrons. The quantitative estimate of drug-likeness (QED) is 0.441. The number of benzene rings is 2. The van der Waals surface area contributed by atoms with Crippen LogP contribution in [0.1, 0.15) is 37.6 Å². The lowest BCUT2D eigenvalue weighted by Crippen LogP contribution is -2.40. The Hall–Kier alpha value is -2.68. The minimum atomic E-state index is -0.966. The number of hydrogen-bond acceptors (Lipinski definition) is 8. The average molecular weight is 491 g/mol. The number of phenols is 1. The van der Waals surface area contributed by atoms with E-state index < -0.39 is 6.23 Å². The van der Waals surface area contributed by atoms with E-state index in [-0.39, 0.29) is 11.7 Å². The molecular formula is C24H27ClN2O5S. The fourth-order valence-corrected chi connectivity index (χ4v) is 5.44. The van der Waals surface area contributed by atoms with Crippen molar-refractivity contribution < 1.29 is 24.4 Å². The highest BCUT2D eigenvalue weighted by molar-refractivity contribution is 7.23. The van der Waals surface area contributed by atoms with Crippen molar-refractivity contribution in [3.05, 3.63) is 40.4 Å². The van der Waals surface area contributed by atoms with E-state index in [1.807, 2.05) is 11.0 Å². The van der Waals surface area contributed by atoms with Crippen molar-refractivity contribution in [1.82, 2.24) is 4.90 Å². The lowest BCUT2D eigenvalue weighted by molar-refractivity contribution is 0.0440. The van der Waals surface area contributed by atoms with Crippen LogP contribution in [0.5, 0.6) is 23.0 Å². The molecule has 3 aromatic rings. The van der Waals surface area contributed by atoms with Gasteiger partial charge in [0.15, 0.2) is 17.7 Å². The minimum absolute atomic E-state index is 0.162. The molecule has 1 aromatic heterocycles. The number of thiophene rings is 1. The van der Waals surface area contributed by atoms with Crippen molar-refractivity contribution in [3.63, 3.8) is 0 Å². The second-order valence-electron chi connectivity index (χ2n) is 7.96. The van der Waals surface area contributed by atoms with Gasteiger partial charge in [0.25, 0.3) is 0 Å². The molecule has 2 N–H and O–H groups in total. The van der Waals surface area contributed by atoms with Crippen LogP contribution in [0.25, 0.3) is 10.1 Å². The minimum Gasteiger partial charge on any atom is -0.506 e. The summed E-state index contributed by atoms with van der Waals surface area (Å²) in [6, 6.07) is 7.04. The third-order valence-electron chi connectivity index (χ3n) is 5.96. The summed E-state index contributed by atoms with van der Waals surface area (Å²) in [7, 11) is 4.56. The molecule has 0 fully saturated rings. The predicted molar refractivity (Wildman–Crippen MR) is 132 cm³/mol. The number of methoxy groups -OCH3 is 3. The first-order chi connectivity index (χ1) is 15.9. The number of ether oxygens (including phenoxy) is 3. The molecule has 2 heterocycles. The van der Waals surface area contributed by atoms with Gasteiger partial charge in [-0.1, -0.05) is 44.0 Å². The Bertz CT molecular complexity index is 1230. The number of aliphatic imine (C=N–C) groups is 1. The maximum absolute atomic E-state index is 11.6. The largest absolute Gasteiger partial charge is 0.506 e. The fourth-order valence-electron chi connectivity index (χ4n) is 4.03. The van der Waals surface area contributed by atoms with E-state index in [1.54, 1.807) is 18.2 Å². The first-order valence-corrected chi connectivity index (χ1v) is 11.8. The van der Waals surface area contributed by atoms with Crippen LogP contribution in [0, 0.1) is 5.92 Å². The lowest BCUT2D eigenvalue weighted by Gasteiger charge is -2.36. The third-order valence-corrected chi connectivity index (χ3v) is 7.48. The van der Waals surface area contributed by atoms with Crippen molar-refractivity contribution in [2.24, 2.45) is 10.9 Å². The van der Waals surface area contributed by atoms with Crippen molar-refractivity contribution in [2.75, 3.05) is 27.9 Å². The zero-order valence-corrected chi connectivity index (χ0v) is 20.8. The number of rotatable bonds is 7. The fraction of sp³-hybridized carbons (Fsp3) is 0.375. The maximum atomic E-state index is 11.6. The Labute approximate surface area is 201 Å². The van der Waals surface area contributed by atoms with Crippen LogP contribution in [0.15, 0.2) is 29.3 Å². The molecule has 9 heteroatoms. The molecule has 33 heavy (non-hydrogen) atoms. The summed E-state index contributed by atoms with van der Waals surface area (Å²) in [6.07, 6.45) is -0.0375. The zero-order chi connectivity index (χ0) is 23.9. The van der Waals surface area contributed by atoms with Crippen LogP contribution in [-0.2, 0) is 0 Å². The highest BCUT2D eigenvalue weighted by atomic mass is 35.5. The molecule has 1 aliphatic rings. The van der Waals surface area contributed by atoms with Gasteiger partial charge in [-0.05, 0) is 18.1 Å². The SMILES string of the molecule is CCC(C)CN1C(c2cc(OC)c(OC)c(OC)c2Cl)=Nc2sc3c(O)cccc3c2C1O. The molecule has 0 spiro atoms. The number of amidine groups is 1. The Morgan fingerprint density at radius 2 is 1.91 bits per heavy atom. The highest BCUT2D eigenvalue weighted by Crippen LogP contribution is 2.50. The van der Waals surface area contributed by atoms with Crippen LogP contribution in [0.3, 0.4) is 0 Å². The molecule has 0 bridgehead atoms. The Morgan fingerprint density at radius 3 is 2.55 bits per heavy atom. The molecule has 7 nitrogen and oxygen atoms in total. The van der Waals surface area contributed by atoms with E-state index >= 15 is 0 Å². The van der Waals surface area contributed by atoms with Crippen molar-refractivity contribution in [1.29, 1.82) is 0 Å². The summed E-state index contributed by atoms with van der Waals surface area (Å²) in [5, 5.41) is 23.7. The van der Waals surface area contributed by atoms with Crippen LogP contribution in [-0.4, -0.2) is 48.8 Å². The summed E-state index contributed by atoms with van der Waals surface area (Å²) in [5.74, 6) is 2.10. The molecule has 2 atom stereocenters. The summed E-state index contributed by atoms with van der Waals surface area (Å²) in [5.41, 5.74) is 1.24. The molecule has 4 rings (SSSR count). The van der Waals surface area contributed by atoms with Gasteiger partial charge in [0.05, 0.1) is 31.1 Å². The van der Waals surface area contributed by atoms with Gasteiger partial charge in [-0.2, -0.15) is 0 Å². The summed E-state index contributed by atoms with van der Waals surface area (Å²) in [4.78, 5) is 6.78. The maximum Gasteiger partial charge on any atom is 0.204 e. The first-order valence-electron chi connectivity index (χ1n) is 10.6. The molecule has 0 aliphatic carbocycles. The van der Waals surface area contributed by atoms with Crippen LogP contribution < -0.4 is 14.2 Å². The molecule has 2 aromatic carbocycles. The van der Waals surface area contributed by atoms with Gasteiger partial charge in [0.1, 0.15) is 16.6 Å². The van der Waals surface area contributed by atoms with E-state index in [0.29, 0.717) is 55.5 Å². The van der Waals surface area contributed by atoms with Crippen molar-refractivity contribution >= 4 is 43.9 Å². The number of phenolic OH excluding ortho intramolecular Hbond substituents is 1. The van der Waals surface area contributed by atoms with Gasteiger partial charge in [0, 0.05) is 23.1 Å². The second-order valence-corrected chi connectivity index (χ2v) is 9.33. The van der Waals surface area contributed by atoms with E-state index in [4.69, 9.17) is 30.8 Å². The number of nitrogens with zero attached hydrogens (tertiary/aromatic N) is 2. The number of aliphatic hydroxyl groups is 1. The highest BCUT2D eigenvalue weighted by Gasteiger charge is 2.35. The monoisotopic (exact) mass is 490 g/mol. The predicted octanol–water partition coefficient (Wildman–Crippen LogP) is 5.72. The molecule has 0 radical (unpaired) electrons. The van der Waals surface area contributed by atoms with Gasteiger partial charge in [0.2, 0.25) is 5.75 Å². The van der Waals surface area contributed by atoms with Crippen molar-refractivity contribution in [2.45, 2.75) is 26.5 Å². The molecular weight excluding hydrogens is 464 g/mol. The summed E-state index contributed by atoms with van der Waals surface area (Å²) in [6.45, 7) is 4.78. The summed E-state index contributed by atoms with van der Waals surface area (Å²) >= 11 is 8.12. The van der Waals surface area contributed by atoms with E-state index in [9.17, 15) is 10.2 Å². The Kier molecular flexibility index (Phi) is 6.61. The van der Waals surface area contributed by atoms with Gasteiger partial charge in [-0.25, -0.2) is 4.99 Å². The number of halogens is 1. The molecule has 2 unspecified atom stereocenters. The van der Waals surface area contributed by atoms with E-state index in [1.165, 1.54) is 32.7 Å². The first kappa shape index (κ1) is 23.5. The Balaban J connectivity index is 2.00. The second kappa shape index (κ2) is 9.29. The lowest BCUT2D eigenvalue weighted by atomic mass is 10.0. The Morgan fingerprint density at radius 1 is 1.18 bits per heavy atom. The number of aliphatic hydroxyl groups excluding tert-OH is 1. The van der Waals surface area contributed by atoms with Gasteiger partial charge in [-0.15, -0.1) is 11.3 Å². The smallest absolute Gasteiger partial charge is 0.204 e. The van der Waals surface area contributed by atoms with Gasteiger partial charge >= 0.3 is 0 Å². The van der Waals surface area contributed by atoms with Gasteiger partial charge < -0.3 is 29.3 Å². The molecule has 0 saturated carbocycles. The summed E-state index contributed by atoms with van der Waals surface area (Å²) < 4.78 is 17.2. The topological polar surface area (TPSA) is 83.8 Å². The third kappa shape index (κ3) is 3.86. The zero-order valence-electron chi connectivity index (χ0n) is 19.2. The normalized spacial score (nSPS) is 16.4. The average Bonchev–Trinajstić information content (AvgIpc) is 3.20. The molecule has 1 aliphatic heterocycles. The van der Waals surface area contributed by atoms with Crippen molar-refractivity contribution in [3.8, 4) is 23.0 Å². The van der Waals surface area contributed by atoms with Crippen LogP contribution in [0.4, 0.5) is 5.00 Å². The number of aromatic hydroxyl groups is 1. The van der Waals surface area contributed by atoms with Crippen LogP contribution in [0.2, 0.25) is 5.02 Å². The van der Waals surface area contributed by atoms with E-state index in [0.717, 1.165) is 11.8 Å². The molecule has 0 amide bonds.